The number of hydrogen-bond acceptors (Lipinski definition) is 3. The van der Waals surface area contributed by atoms with Crippen molar-refractivity contribution in [3.05, 3.63) is 11.1 Å². The zero-order valence-corrected chi connectivity index (χ0v) is 11.5. The Morgan fingerprint density at radius 3 is 2.25 bits per heavy atom. The predicted molar refractivity (Wildman–Crippen MR) is 65.2 cm³/mol. The van der Waals surface area contributed by atoms with E-state index in [1.54, 1.807) is 32.5 Å². The molecule has 0 aromatic heterocycles. The summed E-state index contributed by atoms with van der Waals surface area (Å²) < 4.78 is 16.3. The molecule has 0 spiro atoms. The zero-order chi connectivity index (χ0) is 11.6. The summed E-state index contributed by atoms with van der Waals surface area (Å²) in [6, 6.07) is 0.919. The normalized spacial score (nSPS) is 24.6. The van der Waals surface area contributed by atoms with E-state index in [0.717, 1.165) is 18.4 Å². The summed E-state index contributed by atoms with van der Waals surface area (Å²) in [5, 5.41) is 0. The SMILES string of the molecule is CO[Si](CCC1=C2CCC(C2)C1)(OC)OC. The molecule has 0 saturated heterocycles. The van der Waals surface area contributed by atoms with E-state index < -0.39 is 8.80 Å². The van der Waals surface area contributed by atoms with Crippen LogP contribution in [0.4, 0.5) is 0 Å². The van der Waals surface area contributed by atoms with Crippen LogP contribution in [0.5, 0.6) is 0 Å². The fraction of sp³-hybridized carbons (Fsp3) is 0.833. The van der Waals surface area contributed by atoms with Crippen molar-refractivity contribution in [3.63, 3.8) is 0 Å². The molecule has 1 unspecified atom stereocenters. The van der Waals surface area contributed by atoms with Gasteiger partial charge in [-0.3, -0.25) is 0 Å². The minimum Gasteiger partial charge on any atom is -0.377 e. The summed E-state index contributed by atoms with van der Waals surface area (Å²) in [4.78, 5) is 0. The fourth-order valence-corrected chi connectivity index (χ4v) is 4.78. The van der Waals surface area contributed by atoms with Crippen molar-refractivity contribution in [2.45, 2.75) is 38.1 Å². The average Bonchev–Trinajstić information content (AvgIpc) is 2.93. The first-order valence-corrected chi connectivity index (χ1v) is 8.01. The summed E-state index contributed by atoms with van der Waals surface area (Å²) in [6.07, 6.45) is 6.53. The van der Waals surface area contributed by atoms with Gasteiger partial charge < -0.3 is 13.3 Å². The molecule has 0 aromatic carbocycles. The van der Waals surface area contributed by atoms with Crippen LogP contribution in [0.15, 0.2) is 11.1 Å². The van der Waals surface area contributed by atoms with Gasteiger partial charge in [0.05, 0.1) is 0 Å². The zero-order valence-electron chi connectivity index (χ0n) is 10.5. The summed E-state index contributed by atoms with van der Waals surface area (Å²) in [5.41, 5.74) is 3.38. The summed E-state index contributed by atoms with van der Waals surface area (Å²) in [5.74, 6) is 0.953. The van der Waals surface area contributed by atoms with Crippen LogP contribution < -0.4 is 0 Å². The molecule has 0 aliphatic heterocycles. The third kappa shape index (κ3) is 2.25. The molecule has 16 heavy (non-hydrogen) atoms. The van der Waals surface area contributed by atoms with Gasteiger partial charge in [-0.25, -0.2) is 0 Å². The quantitative estimate of drug-likeness (QED) is 0.529. The van der Waals surface area contributed by atoms with Gasteiger partial charge in [0.25, 0.3) is 0 Å². The van der Waals surface area contributed by atoms with Crippen molar-refractivity contribution in [2.24, 2.45) is 5.92 Å². The lowest BCUT2D eigenvalue weighted by molar-refractivity contribution is 0.123. The van der Waals surface area contributed by atoms with Crippen molar-refractivity contribution >= 4 is 8.80 Å². The van der Waals surface area contributed by atoms with Crippen molar-refractivity contribution in [2.75, 3.05) is 21.3 Å². The van der Waals surface area contributed by atoms with Crippen molar-refractivity contribution in [3.8, 4) is 0 Å². The van der Waals surface area contributed by atoms with E-state index in [1.165, 1.54) is 25.7 Å². The molecule has 1 saturated carbocycles. The molecule has 3 nitrogen and oxygen atoms in total. The van der Waals surface area contributed by atoms with E-state index in [-0.39, 0.29) is 0 Å². The fourth-order valence-electron chi connectivity index (χ4n) is 3.06. The third-order valence-electron chi connectivity index (χ3n) is 4.09. The molecule has 1 fully saturated rings. The first-order valence-electron chi connectivity index (χ1n) is 6.08. The lowest BCUT2D eigenvalue weighted by atomic mass is 9.98. The Hall–Kier alpha value is -0.163. The highest BCUT2D eigenvalue weighted by atomic mass is 28.4. The molecule has 0 N–H and O–H groups in total. The van der Waals surface area contributed by atoms with E-state index in [1.807, 2.05) is 0 Å². The predicted octanol–water partition coefficient (Wildman–Crippen LogP) is 2.76. The van der Waals surface area contributed by atoms with Gasteiger partial charge in [-0.15, -0.1) is 0 Å². The highest BCUT2D eigenvalue weighted by Crippen LogP contribution is 2.46. The minimum absolute atomic E-state index is 0.919. The van der Waals surface area contributed by atoms with Crippen molar-refractivity contribution < 1.29 is 13.3 Å². The molecule has 0 radical (unpaired) electrons. The van der Waals surface area contributed by atoms with E-state index in [9.17, 15) is 0 Å². The maximum atomic E-state index is 5.45. The largest absolute Gasteiger partial charge is 0.500 e. The summed E-state index contributed by atoms with van der Waals surface area (Å²) >= 11 is 0. The minimum atomic E-state index is -2.35. The Bertz CT molecular complexity index is 276. The van der Waals surface area contributed by atoms with E-state index in [4.69, 9.17) is 13.3 Å². The third-order valence-corrected chi connectivity index (χ3v) is 6.82. The van der Waals surface area contributed by atoms with E-state index in [2.05, 4.69) is 0 Å². The van der Waals surface area contributed by atoms with Crippen molar-refractivity contribution in [1.82, 2.24) is 0 Å². The highest BCUT2D eigenvalue weighted by Gasteiger charge is 2.39. The lowest BCUT2D eigenvalue weighted by Gasteiger charge is -2.25. The Kier molecular flexibility index (Phi) is 3.84. The van der Waals surface area contributed by atoms with Crippen LogP contribution in [0.25, 0.3) is 0 Å². The van der Waals surface area contributed by atoms with Gasteiger partial charge in [0.2, 0.25) is 0 Å². The van der Waals surface area contributed by atoms with Crippen LogP contribution in [0, 0.1) is 5.92 Å². The molecule has 4 heteroatoms. The van der Waals surface area contributed by atoms with Gasteiger partial charge in [-0.05, 0) is 38.0 Å². The Labute approximate surface area is 99.1 Å². The van der Waals surface area contributed by atoms with Gasteiger partial charge in [-0.2, -0.15) is 0 Å². The second-order valence-corrected chi connectivity index (χ2v) is 7.91. The van der Waals surface area contributed by atoms with Crippen LogP contribution in [-0.4, -0.2) is 30.1 Å². The van der Waals surface area contributed by atoms with Crippen LogP contribution in [0.2, 0.25) is 6.04 Å². The second-order valence-electron chi connectivity index (χ2n) is 4.82. The van der Waals surface area contributed by atoms with Crippen LogP contribution in [0.1, 0.15) is 32.1 Å². The van der Waals surface area contributed by atoms with Gasteiger partial charge in [0.15, 0.2) is 0 Å². The Balaban J connectivity index is 1.91. The molecule has 2 bridgehead atoms. The van der Waals surface area contributed by atoms with E-state index in [0.29, 0.717) is 0 Å². The summed E-state index contributed by atoms with van der Waals surface area (Å²) in [6.45, 7) is 0. The van der Waals surface area contributed by atoms with Gasteiger partial charge in [0.1, 0.15) is 0 Å². The summed E-state index contributed by atoms with van der Waals surface area (Å²) in [7, 11) is 2.73. The van der Waals surface area contributed by atoms with E-state index >= 15 is 0 Å². The van der Waals surface area contributed by atoms with Crippen LogP contribution in [-0.2, 0) is 13.3 Å². The molecule has 2 aliphatic rings. The first-order chi connectivity index (χ1) is 7.73. The second kappa shape index (κ2) is 5.00. The first kappa shape index (κ1) is 12.3. The maximum Gasteiger partial charge on any atom is 0.500 e. The molecular formula is C12H22O3Si. The number of allylic oxidation sites excluding steroid dienone is 2. The lowest BCUT2D eigenvalue weighted by Crippen LogP contribution is -2.42. The molecule has 0 aromatic rings. The van der Waals surface area contributed by atoms with Crippen LogP contribution in [0.3, 0.4) is 0 Å². The molecule has 1 atom stereocenters. The monoisotopic (exact) mass is 242 g/mol. The molecular weight excluding hydrogens is 220 g/mol. The van der Waals surface area contributed by atoms with Gasteiger partial charge in [-0.1, -0.05) is 11.1 Å². The highest BCUT2D eigenvalue weighted by molar-refractivity contribution is 6.60. The standard InChI is InChI=1S/C12H22O3Si/c1-13-16(14-2,15-3)7-6-12-9-10-4-5-11(12)8-10/h10H,4-9H2,1-3H3. The molecule has 0 heterocycles. The smallest absolute Gasteiger partial charge is 0.377 e. The van der Waals surface area contributed by atoms with Crippen LogP contribution >= 0.6 is 0 Å². The molecule has 2 rings (SSSR count). The number of hydrogen-bond donors (Lipinski definition) is 0. The van der Waals surface area contributed by atoms with Gasteiger partial charge >= 0.3 is 8.80 Å². The topological polar surface area (TPSA) is 27.7 Å². The molecule has 92 valence electrons. The van der Waals surface area contributed by atoms with Crippen molar-refractivity contribution in [1.29, 1.82) is 0 Å². The maximum absolute atomic E-state index is 5.45. The Morgan fingerprint density at radius 1 is 1.12 bits per heavy atom. The number of rotatable bonds is 6. The van der Waals surface area contributed by atoms with Gasteiger partial charge in [0, 0.05) is 27.4 Å². The Morgan fingerprint density at radius 2 is 1.81 bits per heavy atom. The number of fused-ring (bicyclic) bond motifs is 2. The molecule has 2 aliphatic carbocycles. The average molecular weight is 242 g/mol. The molecule has 0 amide bonds.